The van der Waals surface area contributed by atoms with Gasteiger partial charge in [0.1, 0.15) is 0 Å². The summed E-state index contributed by atoms with van der Waals surface area (Å²) in [5.41, 5.74) is 0.432. The van der Waals surface area contributed by atoms with Crippen LogP contribution in [0.1, 0.15) is 74.1 Å². The molecule has 0 bridgehead atoms. The van der Waals surface area contributed by atoms with E-state index in [1.54, 1.807) is 0 Å². The lowest BCUT2D eigenvalue weighted by molar-refractivity contribution is 0.209. The molecule has 0 saturated carbocycles. The minimum Gasteiger partial charge on any atom is -0.314 e. The van der Waals surface area contributed by atoms with Crippen molar-refractivity contribution in [3.63, 3.8) is 0 Å². The first-order valence-corrected chi connectivity index (χ1v) is 7.58. The molecule has 0 aromatic rings. The van der Waals surface area contributed by atoms with E-state index in [0.717, 1.165) is 18.4 Å². The first-order valence-electron chi connectivity index (χ1n) is 7.58. The van der Waals surface area contributed by atoms with Gasteiger partial charge in [-0.3, -0.25) is 0 Å². The Morgan fingerprint density at radius 3 is 1.82 bits per heavy atom. The Morgan fingerprint density at radius 1 is 0.941 bits per heavy atom. The van der Waals surface area contributed by atoms with Crippen molar-refractivity contribution < 1.29 is 0 Å². The van der Waals surface area contributed by atoms with Crippen LogP contribution < -0.4 is 5.32 Å². The zero-order valence-corrected chi connectivity index (χ0v) is 13.3. The maximum atomic E-state index is 3.68. The molecule has 0 aliphatic rings. The van der Waals surface area contributed by atoms with Gasteiger partial charge in [0, 0.05) is 6.04 Å². The molecule has 0 radical (unpaired) electrons. The summed E-state index contributed by atoms with van der Waals surface area (Å²) in [5.74, 6) is 1.67. The Balaban J connectivity index is 4.32. The molecule has 0 aromatic carbocycles. The van der Waals surface area contributed by atoms with E-state index in [-0.39, 0.29) is 0 Å². The summed E-state index contributed by atoms with van der Waals surface area (Å²) in [6.07, 6.45) is 5.31. The predicted octanol–water partition coefficient (Wildman–Crippen LogP) is 4.86. The summed E-state index contributed by atoms with van der Waals surface area (Å²) < 4.78 is 0. The van der Waals surface area contributed by atoms with E-state index < -0.39 is 0 Å². The van der Waals surface area contributed by atoms with Crippen molar-refractivity contribution in [2.75, 3.05) is 6.54 Å². The van der Waals surface area contributed by atoms with Crippen molar-refractivity contribution in [3.8, 4) is 0 Å². The van der Waals surface area contributed by atoms with Crippen LogP contribution in [0.3, 0.4) is 0 Å². The van der Waals surface area contributed by atoms with Crippen LogP contribution in [0.4, 0.5) is 0 Å². The first-order chi connectivity index (χ1) is 7.85. The van der Waals surface area contributed by atoms with Crippen LogP contribution in [-0.2, 0) is 0 Å². The lowest BCUT2D eigenvalue weighted by atomic mass is 9.77. The highest BCUT2D eigenvalue weighted by atomic mass is 14.9. The average Bonchev–Trinajstić information content (AvgIpc) is 2.24. The van der Waals surface area contributed by atoms with Crippen molar-refractivity contribution in [3.05, 3.63) is 0 Å². The third kappa shape index (κ3) is 7.08. The molecule has 2 atom stereocenters. The Morgan fingerprint density at radius 2 is 1.47 bits per heavy atom. The quantitative estimate of drug-likeness (QED) is 0.639. The van der Waals surface area contributed by atoms with Crippen LogP contribution >= 0.6 is 0 Å². The van der Waals surface area contributed by atoms with Crippen molar-refractivity contribution >= 4 is 0 Å². The number of hydrogen-bond acceptors (Lipinski definition) is 1. The van der Waals surface area contributed by atoms with Crippen molar-refractivity contribution in [1.29, 1.82) is 0 Å². The third-order valence-corrected chi connectivity index (χ3v) is 4.38. The topological polar surface area (TPSA) is 12.0 Å². The highest BCUT2D eigenvalue weighted by Gasteiger charge is 2.24. The van der Waals surface area contributed by atoms with Gasteiger partial charge in [-0.2, -0.15) is 0 Å². The molecular formula is C16H35N. The monoisotopic (exact) mass is 241 g/mol. The van der Waals surface area contributed by atoms with E-state index in [4.69, 9.17) is 0 Å². The standard InChI is InChI=1S/C16H35N/c1-8-14(9-2)12-15(17-10-3)11-13(4)16(5,6)7/h13-15,17H,8-12H2,1-7H3. The van der Waals surface area contributed by atoms with Crippen molar-refractivity contribution in [1.82, 2.24) is 5.32 Å². The molecule has 0 fully saturated rings. The van der Waals surface area contributed by atoms with Crippen LogP contribution in [0, 0.1) is 17.3 Å². The minimum atomic E-state index is 0.432. The maximum Gasteiger partial charge on any atom is 0.00723 e. The van der Waals surface area contributed by atoms with E-state index in [2.05, 4.69) is 53.8 Å². The summed E-state index contributed by atoms with van der Waals surface area (Å²) in [5, 5.41) is 3.68. The molecule has 1 heteroatoms. The number of hydrogen-bond donors (Lipinski definition) is 1. The van der Waals surface area contributed by atoms with E-state index >= 15 is 0 Å². The second kappa shape index (κ2) is 8.13. The van der Waals surface area contributed by atoms with E-state index in [1.807, 2.05) is 0 Å². The van der Waals surface area contributed by atoms with E-state index in [0.29, 0.717) is 11.5 Å². The zero-order chi connectivity index (χ0) is 13.5. The minimum absolute atomic E-state index is 0.432. The summed E-state index contributed by atoms with van der Waals surface area (Å²) in [7, 11) is 0. The van der Waals surface area contributed by atoms with Crippen LogP contribution in [0.25, 0.3) is 0 Å². The summed E-state index contributed by atoms with van der Waals surface area (Å²) in [4.78, 5) is 0. The molecule has 0 saturated heterocycles. The molecule has 0 aliphatic carbocycles. The Labute approximate surface area is 110 Å². The molecule has 0 aliphatic heterocycles. The fourth-order valence-corrected chi connectivity index (χ4v) is 2.36. The van der Waals surface area contributed by atoms with E-state index in [1.165, 1.54) is 25.7 Å². The molecule has 17 heavy (non-hydrogen) atoms. The molecule has 0 heterocycles. The van der Waals surface area contributed by atoms with Gasteiger partial charge < -0.3 is 5.32 Å². The Bertz CT molecular complexity index is 176. The molecule has 0 aromatic heterocycles. The summed E-state index contributed by atoms with van der Waals surface area (Å²) in [6, 6.07) is 0.708. The fourth-order valence-electron chi connectivity index (χ4n) is 2.36. The largest absolute Gasteiger partial charge is 0.314 e. The van der Waals surface area contributed by atoms with Crippen molar-refractivity contribution in [2.24, 2.45) is 17.3 Å². The molecule has 0 rings (SSSR count). The van der Waals surface area contributed by atoms with Gasteiger partial charge in [-0.25, -0.2) is 0 Å². The Hall–Kier alpha value is -0.0400. The Kier molecular flexibility index (Phi) is 8.11. The second-order valence-electron chi connectivity index (χ2n) is 6.68. The fraction of sp³-hybridized carbons (Fsp3) is 1.00. The molecule has 2 unspecified atom stereocenters. The van der Waals surface area contributed by atoms with Gasteiger partial charge >= 0.3 is 0 Å². The number of rotatable bonds is 8. The number of nitrogens with one attached hydrogen (secondary N) is 1. The van der Waals surface area contributed by atoms with Gasteiger partial charge in [0.05, 0.1) is 0 Å². The SMILES string of the molecule is CCNC(CC(CC)CC)CC(C)C(C)(C)C. The molecule has 1 N–H and O–H groups in total. The highest BCUT2D eigenvalue weighted by molar-refractivity contribution is 4.78. The van der Waals surface area contributed by atoms with Gasteiger partial charge in [0.25, 0.3) is 0 Å². The second-order valence-corrected chi connectivity index (χ2v) is 6.68. The lowest BCUT2D eigenvalue weighted by Gasteiger charge is -2.32. The van der Waals surface area contributed by atoms with Crippen LogP contribution in [0.15, 0.2) is 0 Å². The smallest absolute Gasteiger partial charge is 0.00723 e. The van der Waals surface area contributed by atoms with Crippen molar-refractivity contribution in [2.45, 2.75) is 80.2 Å². The highest BCUT2D eigenvalue weighted by Crippen LogP contribution is 2.30. The summed E-state index contributed by atoms with van der Waals surface area (Å²) >= 11 is 0. The van der Waals surface area contributed by atoms with Gasteiger partial charge in [0.15, 0.2) is 0 Å². The third-order valence-electron chi connectivity index (χ3n) is 4.38. The normalized spacial score (nSPS) is 16.2. The van der Waals surface area contributed by atoms with Gasteiger partial charge in [0.2, 0.25) is 0 Å². The molecule has 104 valence electrons. The average molecular weight is 241 g/mol. The van der Waals surface area contributed by atoms with E-state index in [9.17, 15) is 0 Å². The molecule has 0 amide bonds. The van der Waals surface area contributed by atoms with Crippen LogP contribution in [0.5, 0.6) is 0 Å². The van der Waals surface area contributed by atoms with Crippen LogP contribution in [-0.4, -0.2) is 12.6 Å². The molecular weight excluding hydrogens is 206 g/mol. The maximum absolute atomic E-state index is 3.68. The van der Waals surface area contributed by atoms with Gasteiger partial charge in [-0.15, -0.1) is 0 Å². The lowest BCUT2D eigenvalue weighted by Crippen LogP contribution is -2.35. The molecule has 0 spiro atoms. The molecule has 1 nitrogen and oxygen atoms in total. The van der Waals surface area contributed by atoms with Gasteiger partial charge in [-0.05, 0) is 36.6 Å². The predicted molar refractivity (Wildman–Crippen MR) is 79.4 cm³/mol. The van der Waals surface area contributed by atoms with Crippen LogP contribution in [0.2, 0.25) is 0 Å². The summed E-state index contributed by atoms with van der Waals surface area (Å²) in [6.45, 7) is 17.4. The first kappa shape index (κ1) is 17.0. The van der Waals surface area contributed by atoms with Gasteiger partial charge in [-0.1, -0.05) is 61.3 Å². The zero-order valence-electron chi connectivity index (χ0n) is 13.3.